The number of carbonyl (C=O) groups is 1. The number of amides is 1. The first-order valence-electron chi connectivity index (χ1n) is 7.80. The molecular formula is C18H22N2O4. The maximum atomic E-state index is 12.1. The zero-order valence-electron chi connectivity index (χ0n) is 14.3. The lowest BCUT2D eigenvalue weighted by Gasteiger charge is -2.11. The molecule has 0 saturated heterocycles. The van der Waals surface area contributed by atoms with Crippen molar-refractivity contribution in [2.75, 3.05) is 11.9 Å². The normalized spacial score (nSPS) is 12.6. The van der Waals surface area contributed by atoms with Crippen LogP contribution in [0.4, 0.5) is 5.69 Å². The van der Waals surface area contributed by atoms with Crippen molar-refractivity contribution in [1.29, 1.82) is 0 Å². The van der Waals surface area contributed by atoms with E-state index in [1.807, 2.05) is 26.0 Å². The molecule has 0 bridgehead atoms. The summed E-state index contributed by atoms with van der Waals surface area (Å²) >= 11 is 0. The largest absolute Gasteiger partial charge is 0.494 e. The maximum Gasteiger partial charge on any atom is 0.267 e. The molecule has 128 valence electrons. The highest BCUT2D eigenvalue weighted by molar-refractivity contribution is 5.96. The Morgan fingerprint density at radius 3 is 2.54 bits per heavy atom. The topological polar surface area (TPSA) is 73.1 Å². The molecule has 0 spiro atoms. The van der Waals surface area contributed by atoms with Crippen LogP contribution in [-0.2, 0) is 9.63 Å². The van der Waals surface area contributed by atoms with Crippen molar-refractivity contribution in [3.8, 4) is 5.75 Å². The van der Waals surface area contributed by atoms with Gasteiger partial charge in [-0.3, -0.25) is 4.79 Å². The Bertz CT molecular complexity index is 704. The molecule has 6 nitrogen and oxygen atoms in total. The van der Waals surface area contributed by atoms with Gasteiger partial charge in [0.2, 0.25) is 6.10 Å². The van der Waals surface area contributed by atoms with Gasteiger partial charge >= 0.3 is 0 Å². The number of benzene rings is 1. The molecular weight excluding hydrogens is 308 g/mol. The molecule has 1 unspecified atom stereocenters. The molecule has 2 rings (SSSR count). The number of anilines is 1. The van der Waals surface area contributed by atoms with Crippen LogP contribution in [0, 0.1) is 6.92 Å². The molecule has 1 atom stereocenters. The van der Waals surface area contributed by atoms with Gasteiger partial charge < -0.3 is 19.3 Å². The van der Waals surface area contributed by atoms with Crippen LogP contribution >= 0.6 is 0 Å². The number of hydrogen-bond donors (Lipinski definition) is 1. The van der Waals surface area contributed by atoms with Gasteiger partial charge in [0.1, 0.15) is 17.2 Å². The minimum absolute atomic E-state index is 0.286. The van der Waals surface area contributed by atoms with E-state index in [0.29, 0.717) is 23.8 Å². The van der Waals surface area contributed by atoms with Gasteiger partial charge in [-0.05, 0) is 64.1 Å². The van der Waals surface area contributed by atoms with Crippen LogP contribution in [-0.4, -0.2) is 24.3 Å². The number of oxime groups is 1. The summed E-state index contributed by atoms with van der Waals surface area (Å²) in [5.41, 5.74) is 1.24. The van der Waals surface area contributed by atoms with E-state index in [1.54, 1.807) is 38.1 Å². The Morgan fingerprint density at radius 1 is 1.25 bits per heavy atom. The minimum Gasteiger partial charge on any atom is -0.494 e. The van der Waals surface area contributed by atoms with E-state index >= 15 is 0 Å². The van der Waals surface area contributed by atoms with E-state index in [2.05, 4.69) is 10.5 Å². The number of nitrogens with one attached hydrogen (secondary N) is 1. The van der Waals surface area contributed by atoms with Crippen LogP contribution in [0.1, 0.15) is 32.3 Å². The van der Waals surface area contributed by atoms with Gasteiger partial charge in [-0.1, -0.05) is 5.16 Å². The summed E-state index contributed by atoms with van der Waals surface area (Å²) in [6.45, 7) is 7.76. The molecule has 1 heterocycles. The van der Waals surface area contributed by atoms with Crippen LogP contribution in [0.3, 0.4) is 0 Å². The number of nitrogens with zero attached hydrogens (tertiary/aromatic N) is 1. The lowest BCUT2D eigenvalue weighted by Crippen LogP contribution is -2.26. The van der Waals surface area contributed by atoms with Crippen LogP contribution in [0.25, 0.3) is 0 Å². The Kier molecular flexibility index (Phi) is 6.01. The smallest absolute Gasteiger partial charge is 0.267 e. The highest BCUT2D eigenvalue weighted by atomic mass is 16.6. The Hall–Kier alpha value is -2.76. The average molecular weight is 330 g/mol. The number of ether oxygens (including phenoxy) is 1. The van der Waals surface area contributed by atoms with Gasteiger partial charge in [-0.25, -0.2) is 0 Å². The second-order valence-electron chi connectivity index (χ2n) is 5.28. The highest BCUT2D eigenvalue weighted by Crippen LogP contribution is 2.16. The van der Waals surface area contributed by atoms with Crippen LogP contribution in [0.15, 0.2) is 46.0 Å². The highest BCUT2D eigenvalue weighted by Gasteiger charge is 2.15. The molecule has 1 aromatic carbocycles. The predicted molar refractivity (Wildman–Crippen MR) is 92.4 cm³/mol. The van der Waals surface area contributed by atoms with E-state index in [1.165, 1.54) is 0 Å². The first-order valence-corrected chi connectivity index (χ1v) is 7.80. The second kappa shape index (κ2) is 8.19. The van der Waals surface area contributed by atoms with Crippen LogP contribution < -0.4 is 10.1 Å². The summed E-state index contributed by atoms with van der Waals surface area (Å²) in [5.74, 6) is 1.88. The molecule has 0 aliphatic carbocycles. The van der Waals surface area contributed by atoms with E-state index < -0.39 is 6.10 Å². The molecule has 1 aromatic heterocycles. The Labute approximate surface area is 141 Å². The predicted octanol–water partition coefficient (Wildman–Crippen LogP) is 3.75. The van der Waals surface area contributed by atoms with Gasteiger partial charge in [-0.2, -0.15) is 0 Å². The standard InChI is InChI=1S/C18H22N2O4/c1-5-22-16-9-7-15(8-10-16)19-18(21)14(4)24-20-13(3)17-11-6-12(2)23-17/h6-11,14H,5H2,1-4H3,(H,19,21)/b20-13+. The summed E-state index contributed by atoms with van der Waals surface area (Å²) in [6, 6.07) is 10.8. The first kappa shape index (κ1) is 17.6. The Morgan fingerprint density at radius 2 is 1.96 bits per heavy atom. The van der Waals surface area contributed by atoms with E-state index in [0.717, 1.165) is 11.5 Å². The van der Waals surface area contributed by atoms with E-state index in [9.17, 15) is 4.79 Å². The molecule has 0 aliphatic rings. The van der Waals surface area contributed by atoms with Gasteiger partial charge in [0, 0.05) is 5.69 Å². The van der Waals surface area contributed by atoms with Crippen molar-refractivity contribution in [3.63, 3.8) is 0 Å². The van der Waals surface area contributed by atoms with Gasteiger partial charge in [0.15, 0.2) is 5.76 Å². The molecule has 24 heavy (non-hydrogen) atoms. The lowest BCUT2D eigenvalue weighted by atomic mass is 10.3. The molecule has 1 N–H and O–H groups in total. The molecule has 0 aliphatic heterocycles. The molecule has 0 fully saturated rings. The summed E-state index contributed by atoms with van der Waals surface area (Å²) in [7, 11) is 0. The van der Waals surface area contributed by atoms with Gasteiger partial charge in [-0.15, -0.1) is 0 Å². The number of carbonyl (C=O) groups excluding carboxylic acids is 1. The number of hydrogen-bond acceptors (Lipinski definition) is 5. The molecule has 0 radical (unpaired) electrons. The van der Waals surface area contributed by atoms with Crippen molar-refractivity contribution in [3.05, 3.63) is 47.9 Å². The summed E-state index contributed by atoms with van der Waals surface area (Å²) < 4.78 is 10.8. The number of rotatable bonds is 7. The Balaban J connectivity index is 1.89. The molecule has 0 saturated carbocycles. The minimum atomic E-state index is -0.734. The number of furan rings is 1. The summed E-state index contributed by atoms with van der Waals surface area (Å²) in [6.07, 6.45) is -0.734. The summed E-state index contributed by atoms with van der Waals surface area (Å²) in [5, 5.41) is 6.72. The molecule has 6 heteroatoms. The third kappa shape index (κ3) is 4.87. The first-order chi connectivity index (χ1) is 11.5. The fourth-order valence-electron chi connectivity index (χ4n) is 1.92. The zero-order chi connectivity index (χ0) is 17.5. The summed E-state index contributed by atoms with van der Waals surface area (Å²) in [4.78, 5) is 17.4. The van der Waals surface area contributed by atoms with Crippen molar-refractivity contribution in [2.24, 2.45) is 5.16 Å². The fraction of sp³-hybridized carbons (Fsp3) is 0.333. The maximum absolute atomic E-state index is 12.1. The van der Waals surface area contributed by atoms with Crippen molar-refractivity contribution in [1.82, 2.24) is 0 Å². The van der Waals surface area contributed by atoms with E-state index in [-0.39, 0.29) is 5.91 Å². The third-order valence-electron chi connectivity index (χ3n) is 3.25. The van der Waals surface area contributed by atoms with Gasteiger partial charge in [0.05, 0.1) is 6.61 Å². The van der Waals surface area contributed by atoms with Crippen molar-refractivity contribution in [2.45, 2.75) is 33.8 Å². The molecule has 2 aromatic rings. The number of aryl methyl sites for hydroxylation is 1. The molecule has 1 amide bonds. The van der Waals surface area contributed by atoms with Gasteiger partial charge in [0.25, 0.3) is 5.91 Å². The van der Waals surface area contributed by atoms with Crippen LogP contribution in [0.2, 0.25) is 0 Å². The lowest BCUT2D eigenvalue weighted by molar-refractivity contribution is -0.126. The fourth-order valence-corrected chi connectivity index (χ4v) is 1.92. The average Bonchev–Trinajstić information content (AvgIpc) is 3.01. The second-order valence-corrected chi connectivity index (χ2v) is 5.28. The SMILES string of the molecule is CCOc1ccc(NC(=O)C(C)O/N=C(\C)c2ccc(C)o2)cc1. The quantitative estimate of drug-likeness (QED) is 0.620. The zero-order valence-corrected chi connectivity index (χ0v) is 14.3. The van der Waals surface area contributed by atoms with Crippen molar-refractivity contribution >= 4 is 17.3 Å². The third-order valence-corrected chi connectivity index (χ3v) is 3.25. The van der Waals surface area contributed by atoms with Crippen molar-refractivity contribution < 1.29 is 18.8 Å². The van der Waals surface area contributed by atoms with E-state index in [4.69, 9.17) is 14.0 Å². The monoisotopic (exact) mass is 330 g/mol. The van der Waals surface area contributed by atoms with Crippen LogP contribution in [0.5, 0.6) is 5.75 Å².